The van der Waals surface area contributed by atoms with Crippen LogP contribution in [0.1, 0.15) is 23.8 Å². The maximum Gasteiger partial charge on any atom is 0.243 e. The second-order valence-electron chi connectivity index (χ2n) is 5.24. The molecule has 0 fully saturated rings. The Morgan fingerprint density at radius 3 is 2.96 bits per heavy atom. The average molecular weight is 373 g/mol. The summed E-state index contributed by atoms with van der Waals surface area (Å²) in [5.74, 6) is 0.611. The van der Waals surface area contributed by atoms with E-state index in [1.807, 2.05) is 23.6 Å². The lowest BCUT2D eigenvalue weighted by Crippen LogP contribution is -2.05. The van der Waals surface area contributed by atoms with Crippen LogP contribution in [-0.2, 0) is 13.0 Å². The summed E-state index contributed by atoms with van der Waals surface area (Å²) >= 11 is 14.0. The molecule has 3 heterocycles. The van der Waals surface area contributed by atoms with Crippen LogP contribution >= 0.6 is 34.5 Å². The van der Waals surface area contributed by atoms with Crippen LogP contribution in [-0.4, -0.2) is 20.8 Å². The summed E-state index contributed by atoms with van der Waals surface area (Å²) in [6, 6.07) is 5.92. The highest BCUT2D eigenvalue weighted by molar-refractivity contribution is 7.09. The Morgan fingerprint density at radius 2 is 2.26 bits per heavy atom. The van der Waals surface area contributed by atoms with Crippen LogP contribution in [0.5, 0.6) is 0 Å². The lowest BCUT2D eigenvalue weighted by atomic mass is 10.1. The van der Waals surface area contributed by atoms with E-state index in [0.29, 0.717) is 30.4 Å². The summed E-state index contributed by atoms with van der Waals surface area (Å²) in [6.45, 7) is 2.18. The summed E-state index contributed by atoms with van der Waals surface area (Å²) in [5.41, 5.74) is 1.57. The van der Waals surface area contributed by atoms with E-state index in [9.17, 15) is 4.39 Å². The van der Waals surface area contributed by atoms with Crippen LogP contribution in [0, 0.1) is 0 Å². The third-order valence-corrected chi connectivity index (χ3v) is 4.88. The molecule has 3 aromatic rings. The topological polar surface area (TPSA) is 42.2 Å². The van der Waals surface area contributed by atoms with Gasteiger partial charge in [-0.15, -0.1) is 16.4 Å². The number of nitrogens with zero attached hydrogens (tertiary/aromatic N) is 3. The lowest BCUT2D eigenvalue weighted by Gasteiger charge is -2.06. The number of nitrogens with one attached hydrogen (secondary N) is 1. The molecule has 4 nitrogen and oxygen atoms in total. The first-order valence-electron chi connectivity index (χ1n) is 7.18. The summed E-state index contributed by atoms with van der Waals surface area (Å²) < 4.78 is 14.6. The Hall–Kier alpha value is -1.37. The minimum absolute atomic E-state index is 0.106. The van der Waals surface area contributed by atoms with Crippen molar-refractivity contribution in [3.63, 3.8) is 0 Å². The van der Waals surface area contributed by atoms with E-state index in [4.69, 9.17) is 23.2 Å². The molecule has 0 spiro atoms. The maximum absolute atomic E-state index is 13.1. The fourth-order valence-electron chi connectivity index (χ4n) is 2.29. The van der Waals surface area contributed by atoms with Gasteiger partial charge in [0, 0.05) is 4.88 Å². The van der Waals surface area contributed by atoms with Crippen molar-refractivity contribution >= 4 is 45.9 Å². The fraction of sp³-hybridized carbons (Fsp3) is 0.333. The van der Waals surface area contributed by atoms with Crippen LogP contribution in [0.4, 0.5) is 10.2 Å². The fourth-order valence-corrected chi connectivity index (χ4v) is 3.37. The van der Waals surface area contributed by atoms with Gasteiger partial charge < -0.3 is 5.32 Å². The Bertz CT molecular complexity index is 802. The summed E-state index contributed by atoms with van der Waals surface area (Å²) in [7, 11) is 0. The second kappa shape index (κ2) is 7.03. The second-order valence-corrected chi connectivity index (χ2v) is 6.97. The van der Waals surface area contributed by atoms with Gasteiger partial charge in [0.2, 0.25) is 5.28 Å². The molecule has 1 atom stereocenters. The van der Waals surface area contributed by atoms with E-state index in [1.165, 1.54) is 11.8 Å². The normalized spacial score (nSPS) is 12.7. The molecule has 0 aliphatic rings. The molecule has 23 heavy (non-hydrogen) atoms. The number of fused-ring (bicyclic) bond motifs is 1. The van der Waals surface area contributed by atoms with Gasteiger partial charge in [0.1, 0.15) is 10.7 Å². The predicted molar refractivity (Wildman–Crippen MR) is 93.5 cm³/mol. The van der Waals surface area contributed by atoms with Crippen LogP contribution in [0.2, 0.25) is 10.4 Å². The number of alkyl halides is 1. The summed E-state index contributed by atoms with van der Waals surface area (Å²) in [4.78, 5) is 5.43. The van der Waals surface area contributed by atoms with Crippen molar-refractivity contribution in [2.75, 3.05) is 5.32 Å². The van der Waals surface area contributed by atoms with Gasteiger partial charge in [0.25, 0.3) is 0 Å². The third-order valence-electron chi connectivity index (χ3n) is 3.44. The quantitative estimate of drug-likeness (QED) is 0.661. The number of halogens is 3. The molecule has 0 radical (unpaired) electrons. The van der Waals surface area contributed by atoms with Crippen molar-refractivity contribution < 1.29 is 4.39 Å². The molecule has 0 saturated carbocycles. The Morgan fingerprint density at radius 1 is 1.43 bits per heavy atom. The molecule has 0 bridgehead atoms. The zero-order valence-electron chi connectivity index (χ0n) is 12.4. The summed E-state index contributed by atoms with van der Waals surface area (Å²) in [6.07, 6.45) is 0.0811. The van der Waals surface area contributed by atoms with Gasteiger partial charge >= 0.3 is 0 Å². The van der Waals surface area contributed by atoms with Gasteiger partial charge in [-0.1, -0.05) is 17.7 Å². The van der Waals surface area contributed by atoms with E-state index in [1.54, 1.807) is 15.9 Å². The van der Waals surface area contributed by atoms with Crippen molar-refractivity contribution in [2.45, 2.75) is 32.5 Å². The minimum Gasteiger partial charge on any atom is -0.363 e. The van der Waals surface area contributed by atoms with E-state index < -0.39 is 6.17 Å². The lowest BCUT2D eigenvalue weighted by molar-refractivity contribution is 0.341. The van der Waals surface area contributed by atoms with Gasteiger partial charge in [-0.3, -0.25) is 0 Å². The SMILES string of the molecule is CC(F)CCc1cc2c(NCc3cccs3)nc(Cl)nn2c1Cl. The molecule has 0 aliphatic heterocycles. The molecule has 1 unspecified atom stereocenters. The van der Waals surface area contributed by atoms with Gasteiger partial charge in [-0.05, 0) is 54.4 Å². The number of hydrogen-bond acceptors (Lipinski definition) is 4. The number of anilines is 1. The first-order chi connectivity index (χ1) is 11.0. The third kappa shape index (κ3) is 3.76. The molecular formula is C15H15Cl2FN4S. The van der Waals surface area contributed by atoms with Crippen LogP contribution in [0.3, 0.4) is 0 Å². The number of thiophene rings is 1. The molecule has 122 valence electrons. The summed E-state index contributed by atoms with van der Waals surface area (Å²) in [5, 5.41) is 9.97. The molecule has 3 rings (SSSR count). The predicted octanol–water partition coefficient (Wildman–Crippen LogP) is 5.00. The zero-order valence-corrected chi connectivity index (χ0v) is 14.7. The molecule has 0 saturated heterocycles. The minimum atomic E-state index is -0.875. The van der Waals surface area contributed by atoms with Crippen molar-refractivity contribution in [1.82, 2.24) is 14.6 Å². The zero-order chi connectivity index (χ0) is 16.4. The molecular weight excluding hydrogens is 358 g/mol. The number of hydrogen-bond donors (Lipinski definition) is 1. The highest BCUT2D eigenvalue weighted by Crippen LogP contribution is 2.28. The van der Waals surface area contributed by atoms with Crippen LogP contribution < -0.4 is 5.32 Å². The molecule has 3 aromatic heterocycles. The first-order valence-corrected chi connectivity index (χ1v) is 8.82. The average Bonchev–Trinajstić information content (AvgIpc) is 3.12. The van der Waals surface area contributed by atoms with Gasteiger partial charge in [-0.25, -0.2) is 8.91 Å². The largest absolute Gasteiger partial charge is 0.363 e. The van der Waals surface area contributed by atoms with Crippen molar-refractivity contribution in [2.24, 2.45) is 0 Å². The number of aryl methyl sites for hydroxylation is 1. The highest BCUT2D eigenvalue weighted by Gasteiger charge is 2.15. The van der Waals surface area contributed by atoms with Gasteiger partial charge in [0.15, 0.2) is 5.82 Å². The van der Waals surface area contributed by atoms with E-state index in [2.05, 4.69) is 15.4 Å². The van der Waals surface area contributed by atoms with Gasteiger partial charge in [-0.2, -0.15) is 4.98 Å². The monoisotopic (exact) mass is 372 g/mol. The van der Waals surface area contributed by atoms with E-state index >= 15 is 0 Å². The Balaban J connectivity index is 1.92. The molecule has 1 N–H and O–H groups in total. The highest BCUT2D eigenvalue weighted by atomic mass is 35.5. The van der Waals surface area contributed by atoms with Crippen molar-refractivity contribution in [3.05, 3.63) is 44.5 Å². The standard InChI is InChI=1S/C15H15Cl2FN4S/c1-9(18)4-5-10-7-12-14(19-8-11-3-2-6-23-11)20-15(17)21-22(12)13(10)16/h2-3,6-7,9H,4-5,8H2,1H3,(H,19,20,21). The molecule has 8 heteroatoms. The Kier molecular flexibility index (Phi) is 5.04. The van der Waals surface area contributed by atoms with Crippen LogP contribution in [0.15, 0.2) is 23.6 Å². The van der Waals surface area contributed by atoms with E-state index in [0.717, 1.165) is 11.1 Å². The van der Waals surface area contributed by atoms with Crippen LogP contribution in [0.25, 0.3) is 5.52 Å². The number of aromatic nitrogens is 3. The maximum atomic E-state index is 13.1. The first kappa shape index (κ1) is 16.5. The molecule has 0 amide bonds. The smallest absolute Gasteiger partial charge is 0.243 e. The Labute approximate surface area is 147 Å². The van der Waals surface area contributed by atoms with Crippen molar-refractivity contribution in [1.29, 1.82) is 0 Å². The van der Waals surface area contributed by atoms with E-state index in [-0.39, 0.29) is 5.28 Å². The molecule has 0 aromatic carbocycles. The number of rotatable bonds is 6. The van der Waals surface area contributed by atoms with Gasteiger partial charge in [0.05, 0.1) is 12.7 Å². The van der Waals surface area contributed by atoms with Crippen molar-refractivity contribution in [3.8, 4) is 0 Å². The molecule has 0 aliphatic carbocycles.